The molecule has 1 aromatic rings. The maximum atomic E-state index is 6.07. The minimum absolute atomic E-state index is 0.271. The predicted molar refractivity (Wildman–Crippen MR) is 80.8 cm³/mol. The Kier molecular flexibility index (Phi) is 5.26. The molecule has 1 aliphatic carbocycles. The van der Waals surface area contributed by atoms with Crippen LogP contribution in [0.15, 0.2) is 18.2 Å². The zero-order chi connectivity index (χ0) is 13.7. The highest BCUT2D eigenvalue weighted by atomic mass is 16.5. The van der Waals surface area contributed by atoms with Crippen molar-refractivity contribution in [2.75, 3.05) is 7.11 Å². The Balaban J connectivity index is 2.20. The Labute approximate surface area is 117 Å². The van der Waals surface area contributed by atoms with Crippen LogP contribution < -0.4 is 10.5 Å². The lowest BCUT2D eigenvalue weighted by Gasteiger charge is -2.24. The molecule has 1 atom stereocenters. The average molecular weight is 261 g/mol. The SMILES string of the molecule is CCC(N)Cc1ccc(OC)c(C2CCCCC2)c1. The van der Waals surface area contributed by atoms with Crippen LogP contribution in [0.4, 0.5) is 0 Å². The zero-order valence-corrected chi connectivity index (χ0v) is 12.3. The van der Waals surface area contributed by atoms with Crippen LogP contribution in [0.1, 0.15) is 62.5 Å². The first kappa shape index (κ1) is 14.4. The van der Waals surface area contributed by atoms with E-state index in [4.69, 9.17) is 10.5 Å². The number of rotatable bonds is 5. The van der Waals surface area contributed by atoms with Crippen molar-refractivity contribution in [3.8, 4) is 5.75 Å². The molecule has 2 rings (SSSR count). The Hall–Kier alpha value is -1.02. The molecule has 0 aliphatic heterocycles. The normalized spacial score (nSPS) is 18.3. The third-order valence-electron chi connectivity index (χ3n) is 4.36. The second-order valence-electron chi connectivity index (χ2n) is 5.78. The molecule has 1 unspecified atom stereocenters. The summed E-state index contributed by atoms with van der Waals surface area (Å²) in [5.74, 6) is 1.74. The molecule has 0 spiro atoms. The van der Waals surface area contributed by atoms with Gasteiger partial charge < -0.3 is 10.5 Å². The van der Waals surface area contributed by atoms with Gasteiger partial charge in [-0.25, -0.2) is 0 Å². The van der Waals surface area contributed by atoms with Gasteiger partial charge in [-0.15, -0.1) is 0 Å². The second kappa shape index (κ2) is 6.95. The van der Waals surface area contributed by atoms with Gasteiger partial charge in [0.25, 0.3) is 0 Å². The van der Waals surface area contributed by atoms with Crippen molar-refractivity contribution >= 4 is 0 Å². The van der Waals surface area contributed by atoms with Crippen molar-refractivity contribution in [2.24, 2.45) is 5.73 Å². The second-order valence-corrected chi connectivity index (χ2v) is 5.78. The monoisotopic (exact) mass is 261 g/mol. The van der Waals surface area contributed by atoms with Crippen LogP contribution in [0.3, 0.4) is 0 Å². The summed E-state index contributed by atoms with van der Waals surface area (Å²) in [5, 5.41) is 0. The first-order chi connectivity index (χ1) is 9.24. The smallest absolute Gasteiger partial charge is 0.122 e. The van der Waals surface area contributed by atoms with Crippen LogP contribution in [0.2, 0.25) is 0 Å². The molecule has 1 saturated carbocycles. The number of ether oxygens (including phenoxy) is 1. The predicted octanol–water partition coefficient (Wildman–Crippen LogP) is 4.02. The summed E-state index contributed by atoms with van der Waals surface area (Å²) in [5.41, 5.74) is 8.84. The van der Waals surface area contributed by atoms with Crippen molar-refractivity contribution in [3.05, 3.63) is 29.3 Å². The van der Waals surface area contributed by atoms with E-state index in [1.807, 2.05) is 0 Å². The third kappa shape index (κ3) is 3.73. The minimum Gasteiger partial charge on any atom is -0.496 e. The third-order valence-corrected chi connectivity index (χ3v) is 4.36. The first-order valence-electron chi connectivity index (χ1n) is 7.67. The van der Waals surface area contributed by atoms with Gasteiger partial charge in [0, 0.05) is 6.04 Å². The molecule has 19 heavy (non-hydrogen) atoms. The summed E-state index contributed by atoms with van der Waals surface area (Å²) in [4.78, 5) is 0. The molecule has 1 aromatic carbocycles. The maximum absolute atomic E-state index is 6.07. The van der Waals surface area contributed by atoms with Crippen molar-refractivity contribution in [2.45, 2.75) is 63.8 Å². The molecule has 0 amide bonds. The van der Waals surface area contributed by atoms with Crippen LogP contribution in [0.5, 0.6) is 5.75 Å². The van der Waals surface area contributed by atoms with Crippen LogP contribution in [0.25, 0.3) is 0 Å². The zero-order valence-electron chi connectivity index (χ0n) is 12.3. The van der Waals surface area contributed by atoms with Crippen molar-refractivity contribution < 1.29 is 4.74 Å². The van der Waals surface area contributed by atoms with E-state index >= 15 is 0 Å². The lowest BCUT2D eigenvalue weighted by atomic mass is 9.83. The molecule has 1 fully saturated rings. The van der Waals surface area contributed by atoms with Crippen LogP contribution in [-0.4, -0.2) is 13.2 Å². The van der Waals surface area contributed by atoms with Gasteiger partial charge in [0.05, 0.1) is 7.11 Å². The Morgan fingerprint density at radius 1 is 1.26 bits per heavy atom. The molecular formula is C17H27NO. The van der Waals surface area contributed by atoms with E-state index in [9.17, 15) is 0 Å². The molecule has 1 aliphatic rings. The van der Waals surface area contributed by atoms with Gasteiger partial charge in [0.1, 0.15) is 5.75 Å². The standard InChI is InChI=1S/C17H27NO/c1-3-15(18)11-13-9-10-17(19-2)16(12-13)14-7-5-4-6-8-14/h9-10,12,14-15H,3-8,11,18H2,1-2H3. The number of nitrogens with two attached hydrogens (primary N) is 1. The van der Waals surface area contributed by atoms with E-state index in [1.165, 1.54) is 43.2 Å². The molecule has 2 nitrogen and oxygen atoms in total. The molecule has 0 saturated heterocycles. The summed E-state index contributed by atoms with van der Waals surface area (Å²) in [6.45, 7) is 2.15. The summed E-state index contributed by atoms with van der Waals surface area (Å²) < 4.78 is 5.55. The number of benzene rings is 1. The molecule has 2 N–H and O–H groups in total. The van der Waals surface area contributed by atoms with Crippen LogP contribution >= 0.6 is 0 Å². The largest absolute Gasteiger partial charge is 0.496 e. The molecule has 0 bridgehead atoms. The average Bonchev–Trinajstić information content (AvgIpc) is 2.48. The van der Waals surface area contributed by atoms with E-state index < -0.39 is 0 Å². The molecule has 0 heterocycles. The molecule has 0 aromatic heterocycles. The highest BCUT2D eigenvalue weighted by Crippen LogP contribution is 2.38. The van der Waals surface area contributed by atoms with Gasteiger partial charge in [0.15, 0.2) is 0 Å². The summed E-state index contributed by atoms with van der Waals surface area (Å²) in [6, 6.07) is 6.90. The molecule has 106 valence electrons. The maximum Gasteiger partial charge on any atom is 0.122 e. The van der Waals surface area contributed by atoms with Crippen molar-refractivity contribution in [1.29, 1.82) is 0 Å². The summed E-state index contributed by atoms with van der Waals surface area (Å²) >= 11 is 0. The van der Waals surface area contributed by atoms with E-state index in [0.717, 1.165) is 18.6 Å². The van der Waals surface area contributed by atoms with E-state index in [1.54, 1.807) is 7.11 Å². The van der Waals surface area contributed by atoms with Crippen LogP contribution in [0, 0.1) is 0 Å². The van der Waals surface area contributed by atoms with Gasteiger partial charge in [0.2, 0.25) is 0 Å². The molecular weight excluding hydrogens is 234 g/mol. The summed E-state index contributed by atoms with van der Waals surface area (Å²) in [6.07, 6.45) is 8.71. The van der Waals surface area contributed by atoms with Gasteiger partial charge in [-0.3, -0.25) is 0 Å². The molecule has 0 radical (unpaired) electrons. The quantitative estimate of drug-likeness (QED) is 0.868. The first-order valence-corrected chi connectivity index (χ1v) is 7.67. The van der Waals surface area contributed by atoms with Crippen molar-refractivity contribution in [3.63, 3.8) is 0 Å². The number of hydrogen-bond acceptors (Lipinski definition) is 2. The highest BCUT2D eigenvalue weighted by Gasteiger charge is 2.19. The lowest BCUT2D eigenvalue weighted by molar-refractivity contribution is 0.386. The minimum atomic E-state index is 0.271. The van der Waals surface area contributed by atoms with E-state index in [0.29, 0.717) is 5.92 Å². The Bertz CT molecular complexity index is 396. The van der Waals surface area contributed by atoms with Gasteiger partial charge in [-0.2, -0.15) is 0 Å². The summed E-state index contributed by atoms with van der Waals surface area (Å²) in [7, 11) is 1.78. The Morgan fingerprint density at radius 2 is 2.00 bits per heavy atom. The fourth-order valence-corrected chi connectivity index (χ4v) is 3.09. The highest BCUT2D eigenvalue weighted by molar-refractivity contribution is 5.40. The molecule has 2 heteroatoms. The Morgan fingerprint density at radius 3 is 2.63 bits per heavy atom. The van der Waals surface area contributed by atoms with Crippen molar-refractivity contribution in [1.82, 2.24) is 0 Å². The van der Waals surface area contributed by atoms with Gasteiger partial charge in [-0.05, 0) is 48.8 Å². The van der Waals surface area contributed by atoms with Gasteiger partial charge in [-0.1, -0.05) is 38.3 Å². The lowest BCUT2D eigenvalue weighted by Crippen LogP contribution is -2.21. The number of methoxy groups -OCH3 is 1. The van der Waals surface area contributed by atoms with E-state index in [2.05, 4.69) is 25.1 Å². The van der Waals surface area contributed by atoms with Crippen LogP contribution in [-0.2, 0) is 6.42 Å². The number of hydrogen-bond donors (Lipinski definition) is 1. The fraction of sp³-hybridized carbons (Fsp3) is 0.647. The van der Waals surface area contributed by atoms with Gasteiger partial charge >= 0.3 is 0 Å². The van der Waals surface area contributed by atoms with E-state index in [-0.39, 0.29) is 6.04 Å². The fourth-order valence-electron chi connectivity index (χ4n) is 3.09. The topological polar surface area (TPSA) is 35.2 Å².